The van der Waals surface area contributed by atoms with E-state index in [1.165, 1.54) is 19.6 Å². The number of rotatable bonds is 4. The summed E-state index contributed by atoms with van der Waals surface area (Å²) in [4.78, 5) is 5.02. The molecule has 2 aromatic rings. The highest BCUT2D eigenvalue weighted by atomic mass is 79.9. The first-order valence-corrected chi connectivity index (χ1v) is 10.3. The summed E-state index contributed by atoms with van der Waals surface area (Å²) in [6, 6.07) is 13.0. The highest BCUT2D eigenvalue weighted by molar-refractivity contribution is 9.10. The van der Waals surface area contributed by atoms with Gasteiger partial charge in [0.1, 0.15) is 0 Å². The second kappa shape index (κ2) is 7.46. The van der Waals surface area contributed by atoms with Gasteiger partial charge in [-0.3, -0.25) is 0 Å². The van der Waals surface area contributed by atoms with Crippen molar-refractivity contribution in [2.75, 3.05) is 12.5 Å². The fraction of sp³-hybridized carbons (Fsp3) is 0.143. The van der Waals surface area contributed by atoms with Crippen molar-refractivity contribution >= 4 is 67.1 Å². The predicted molar refractivity (Wildman–Crippen MR) is 96.0 cm³/mol. The number of halogens is 2. The zero-order valence-electron chi connectivity index (χ0n) is 10.4. The van der Waals surface area contributed by atoms with Crippen molar-refractivity contribution < 1.29 is 0 Å². The van der Waals surface area contributed by atoms with Gasteiger partial charge in [0.15, 0.2) is 0 Å². The molecule has 0 aliphatic heterocycles. The first-order valence-electron chi connectivity index (χ1n) is 5.49. The minimum atomic E-state index is 1.16. The third-order valence-corrected chi connectivity index (χ3v) is 6.89. The standard InChI is InChI=1S/C14H12Br2S3/c1-17-13-5-3-9(7-11(13)15)19-10-4-6-14(18-2)12(16)8-10/h3-8H,1-2H3. The van der Waals surface area contributed by atoms with Crippen molar-refractivity contribution in [3.05, 3.63) is 45.3 Å². The molecule has 0 saturated heterocycles. The van der Waals surface area contributed by atoms with E-state index in [-0.39, 0.29) is 0 Å². The Morgan fingerprint density at radius 2 is 1.16 bits per heavy atom. The van der Waals surface area contributed by atoms with Crippen molar-refractivity contribution in [1.82, 2.24) is 0 Å². The second-order valence-corrected chi connectivity index (χ2v) is 8.25. The molecule has 0 nitrogen and oxygen atoms in total. The van der Waals surface area contributed by atoms with Crippen LogP contribution >= 0.6 is 67.1 Å². The molecule has 2 rings (SSSR count). The van der Waals surface area contributed by atoms with E-state index in [0.717, 1.165) is 8.95 Å². The molecular weight excluding hydrogens is 424 g/mol. The minimum Gasteiger partial charge on any atom is -0.128 e. The summed E-state index contributed by atoms with van der Waals surface area (Å²) in [6.45, 7) is 0. The molecule has 0 N–H and O–H groups in total. The Hall–Kier alpha value is 0.450. The topological polar surface area (TPSA) is 0 Å². The summed E-state index contributed by atoms with van der Waals surface area (Å²) in [5, 5.41) is 0. The van der Waals surface area contributed by atoms with Crippen LogP contribution in [0, 0.1) is 0 Å². The summed E-state index contributed by atoms with van der Waals surface area (Å²) in [7, 11) is 0. The van der Waals surface area contributed by atoms with Gasteiger partial charge in [-0.1, -0.05) is 11.8 Å². The molecule has 0 atom stereocenters. The quantitative estimate of drug-likeness (QED) is 0.484. The fourth-order valence-electron chi connectivity index (χ4n) is 1.56. The van der Waals surface area contributed by atoms with Crippen LogP contribution in [0.15, 0.2) is 64.9 Å². The van der Waals surface area contributed by atoms with Gasteiger partial charge >= 0.3 is 0 Å². The molecule has 0 aliphatic rings. The van der Waals surface area contributed by atoms with Crippen LogP contribution in [0.5, 0.6) is 0 Å². The molecule has 0 unspecified atom stereocenters. The molecule has 0 radical (unpaired) electrons. The van der Waals surface area contributed by atoms with Crippen LogP contribution in [0.1, 0.15) is 0 Å². The lowest BCUT2D eigenvalue weighted by Gasteiger charge is -2.07. The van der Waals surface area contributed by atoms with E-state index < -0.39 is 0 Å². The van der Waals surface area contributed by atoms with Gasteiger partial charge in [0.05, 0.1) is 0 Å². The molecule has 0 aliphatic carbocycles. The van der Waals surface area contributed by atoms with Gasteiger partial charge in [-0.05, 0) is 80.8 Å². The highest BCUT2D eigenvalue weighted by Crippen LogP contribution is 2.36. The zero-order chi connectivity index (χ0) is 13.8. The Kier molecular flexibility index (Phi) is 6.21. The summed E-state index contributed by atoms with van der Waals surface area (Å²) in [6.07, 6.45) is 4.18. The molecule has 0 spiro atoms. The van der Waals surface area contributed by atoms with Gasteiger partial charge in [0.2, 0.25) is 0 Å². The predicted octanol–water partition coefficient (Wildman–Crippen LogP) is 6.81. The van der Waals surface area contributed by atoms with E-state index in [2.05, 4.69) is 80.8 Å². The Balaban J connectivity index is 2.21. The van der Waals surface area contributed by atoms with Crippen molar-refractivity contribution in [1.29, 1.82) is 0 Å². The van der Waals surface area contributed by atoms with Gasteiger partial charge in [-0.15, -0.1) is 23.5 Å². The monoisotopic (exact) mass is 434 g/mol. The third kappa shape index (κ3) is 4.21. The van der Waals surface area contributed by atoms with E-state index in [4.69, 9.17) is 0 Å². The van der Waals surface area contributed by atoms with E-state index in [0.29, 0.717) is 0 Å². The number of hydrogen-bond acceptors (Lipinski definition) is 3. The van der Waals surface area contributed by atoms with Crippen molar-refractivity contribution in [3.8, 4) is 0 Å². The summed E-state index contributed by atoms with van der Waals surface area (Å²) in [5.74, 6) is 0. The van der Waals surface area contributed by atoms with Gasteiger partial charge in [0.25, 0.3) is 0 Å². The molecular formula is C14H12Br2S3. The van der Waals surface area contributed by atoms with E-state index in [1.54, 1.807) is 35.3 Å². The molecule has 100 valence electrons. The Morgan fingerprint density at radius 3 is 1.47 bits per heavy atom. The summed E-state index contributed by atoms with van der Waals surface area (Å²) in [5.41, 5.74) is 0. The maximum absolute atomic E-state index is 3.61. The minimum absolute atomic E-state index is 1.16. The molecule has 0 amide bonds. The van der Waals surface area contributed by atoms with Crippen LogP contribution in [0.25, 0.3) is 0 Å². The smallest absolute Gasteiger partial charge is 0.0322 e. The van der Waals surface area contributed by atoms with Gasteiger partial charge in [-0.25, -0.2) is 0 Å². The summed E-state index contributed by atoms with van der Waals surface area (Å²) < 4.78 is 2.31. The average molecular weight is 436 g/mol. The Bertz CT molecular complexity index is 533. The lowest BCUT2D eigenvalue weighted by Crippen LogP contribution is -1.79. The Labute approximate surface area is 143 Å². The van der Waals surface area contributed by atoms with Crippen molar-refractivity contribution in [2.24, 2.45) is 0 Å². The number of thioether (sulfide) groups is 2. The second-order valence-electron chi connectivity index (χ2n) is 3.69. The molecule has 0 bridgehead atoms. The third-order valence-electron chi connectivity index (χ3n) is 2.48. The average Bonchev–Trinajstić information content (AvgIpc) is 2.39. The number of benzene rings is 2. The lowest BCUT2D eigenvalue weighted by atomic mass is 10.4. The van der Waals surface area contributed by atoms with Crippen molar-refractivity contribution in [3.63, 3.8) is 0 Å². The maximum atomic E-state index is 3.61. The highest BCUT2D eigenvalue weighted by Gasteiger charge is 2.05. The Morgan fingerprint density at radius 1 is 0.737 bits per heavy atom. The van der Waals surface area contributed by atoms with Crippen LogP contribution in [0.4, 0.5) is 0 Å². The lowest BCUT2D eigenvalue weighted by molar-refractivity contribution is 1.28. The SMILES string of the molecule is CSc1ccc(Sc2ccc(SC)c(Br)c2)cc1Br. The molecule has 0 aromatic heterocycles. The van der Waals surface area contributed by atoms with Crippen LogP contribution in [-0.2, 0) is 0 Å². The molecule has 0 heterocycles. The van der Waals surface area contributed by atoms with E-state index >= 15 is 0 Å². The summed E-state index contributed by atoms with van der Waals surface area (Å²) >= 11 is 12.5. The largest absolute Gasteiger partial charge is 0.128 e. The zero-order valence-corrected chi connectivity index (χ0v) is 16.1. The molecule has 19 heavy (non-hydrogen) atoms. The van der Waals surface area contributed by atoms with Crippen LogP contribution in [-0.4, -0.2) is 12.5 Å². The molecule has 0 fully saturated rings. The van der Waals surface area contributed by atoms with Crippen molar-refractivity contribution in [2.45, 2.75) is 19.6 Å². The van der Waals surface area contributed by atoms with Gasteiger partial charge in [-0.2, -0.15) is 0 Å². The number of hydrogen-bond donors (Lipinski definition) is 0. The normalized spacial score (nSPS) is 10.7. The molecule has 2 aromatic carbocycles. The van der Waals surface area contributed by atoms with Gasteiger partial charge in [0, 0.05) is 28.5 Å². The first-order chi connectivity index (χ1) is 9.13. The van der Waals surface area contributed by atoms with Crippen LogP contribution in [0.3, 0.4) is 0 Å². The van der Waals surface area contributed by atoms with Crippen LogP contribution < -0.4 is 0 Å². The fourth-order valence-corrected chi connectivity index (χ4v) is 5.40. The van der Waals surface area contributed by atoms with Gasteiger partial charge < -0.3 is 0 Å². The molecule has 5 heteroatoms. The van der Waals surface area contributed by atoms with E-state index in [9.17, 15) is 0 Å². The molecule has 0 saturated carbocycles. The maximum Gasteiger partial charge on any atom is 0.0322 e. The van der Waals surface area contributed by atoms with E-state index in [1.807, 2.05) is 0 Å². The first kappa shape index (κ1) is 15.8. The van der Waals surface area contributed by atoms with Crippen LogP contribution in [0.2, 0.25) is 0 Å².